The lowest BCUT2D eigenvalue weighted by Gasteiger charge is -2.41. The standard InChI is InChI=1S/C24H30N2O4/c1-28-23-8-4-20(5-9-23)15-30-24(27)25-21-6-2-18(3-7-21)14-19-10-12-26(13-11-19)22-16-29-17-22/h2-9,19,22H,10-17H2,1H3,(H,25,27). The van der Waals surface area contributed by atoms with Gasteiger partial charge >= 0.3 is 6.09 Å². The Morgan fingerprint density at radius 2 is 1.70 bits per heavy atom. The molecule has 0 saturated carbocycles. The van der Waals surface area contributed by atoms with Crippen LogP contribution in [0, 0.1) is 5.92 Å². The van der Waals surface area contributed by atoms with E-state index in [0.717, 1.165) is 42.6 Å². The number of nitrogens with one attached hydrogen (secondary N) is 1. The minimum absolute atomic E-state index is 0.222. The van der Waals surface area contributed by atoms with Gasteiger partial charge in [0, 0.05) is 5.69 Å². The predicted octanol–water partition coefficient (Wildman–Crippen LogP) is 4.10. The van der Waals surface area contributed by atoms with E-state index >= 15 is 0 Å². The highest BCUT2D eigenvalue weighted by Gasteiger charge is 2.29. The molecule has 6 heteroatoms. The lowest BCUT2D eigenvalue weighted by atomic mass is 9.89. The third kappa shape index (κ3) is 5.52. The molecule has 2 fully saturated rings. The topological polar surface area (TPSA) is 60.0 Å². The third-order valence-electron chi connectivity index (χ3n) is 6.04. The summed E-state index contributed by atoms with van der Waals surface area (Å²) in [5.41, 5.74) is 2.98. The molecule has 6 nitrogen and oxygen atoms in total. The average molecular weight is 411 g/mol. The highest BCUT2D eigenvalue weighted by Crippen LogP contribution is 2.25. The van der Waals surface area contributed by atoms with Crippen LogP contribution in [-0.2, 0) is 22.5 Å². The van der Waals surface area contributed by atoms with Crippen molar-refractivity contribution in [2.45, 2.75) is 31.9 Å². The fraction of sp³-hybridized carbons (Fsp3) is 0.458. The summed E-state index contributed by atoms with van der Waals surface area (Å²) in [4.78, 5) is 14.6. The first kappa shape index (κ1) is 20.7. The van der Waals surface area contributed by atoms with Gasteiger partial charge in [-0.3, -0.25) is 10.2 Å². The number of likely N-dealkylation sites (tertiary alicyclic amines) is 1. The summed E-state index contributed by atoms with van der Waals surface area (Å²) >= 11 is 0. The number of anilines is 1. The van der Waals surface area contributed by atoms with Crippen molar-refractivity contribution in [3.8, 4) is 5.75 Å². The van der Waals surface area contributed by atoms with Crippen LogP contribution in [0.4, 0.5) is 10.5 Å². The second-order valence-electron chi connectivity index (χ2n) is 8.12. The van der Waals surface area contributed by atoms with Crippen LogP contribution in [0.2, 0.25) is 0 Å². The van der Waals surface area contributed by atoms with Crippen LogP contribution in [0.3, 0.4) is 0 Å². The molecule has 160 valence electrons. The van der Waals surface area contributed by atoms with Crippen molar-refractivity contribution in [3.63, 3.8) is 0 Å². The third-order valence-corrected chi connectivity index (χ3v) is 6.04. The van der Waals surface area contributed by atoms with Crippen molar-refractivity contribution in [2.24, 2.45) is 5.92 Å². The minimum atomic E-state index is -0.453. The molecule has 30 heavy (non-hydrogen) atoms. The number of nitrogens with zero attached hydrogens (tertiary/aromatic N) is 1. The van der Waals surface area contributed by atoms with E-state index in [0.29, 0.717) is 6.04 Å². The summed E-state index contributed by atoms with van der Waals surface area (Å²) in [5.74, 6) is 1.51. The van der Waals surface area contributed by atoms with Gasteiger partial charge in [-0.15, -0.1) is 0 Å². The number of carbonyl (C=O) groups is 1. The van der Waals surface area contributed by atoms with Crippen LogP contribution in [0.15, 0.2) is 48.5 Å². The molecule has 1 N–H and O–H groups in total. The number of carbonyl (C=O) groups excluding carboxylic acids is 1. The second kappa shape index (κ2) is 9.96. The molecule has 0 bridgehead atoms. The van der Waals surface area contributed by atoms with Crippen LogP contribution in [0.1, 0.15) is 24.0 Å². The first-order valence-electron chi connectivity index (χ1n) is 10.7. The maximum atomic E-state index is 12.1. The molecule has 2 heterocycles. The molecule has 2 saturated heterocycles. The van der Waals surface area contributed by atoms with Crippen LogP contribution in [-0.4, -0.2) is 50.4 Å². The number of benzene rings is 2. The van der Waals surface area contributed by atoms with Crippen LogP contribution in [0.5, 0.6) is 5.75 Å². The quantitative estimate of drug-likeness (QED) is 0.745. The molecule has 0 unspecified atom stereocenters. The summed E-state index contributed by atoms with van der Waals surface area (Å²) in [6.07, 6.45) is 3.13. The molecule has 4 rings (SSSR count). The molecule has 2 aliphatic heterocycles. The Kier molecular flexibility index (Phi) is 6.87. The summed E-state index contributed by atoms with van der Waals surface area (Å²) in [7, 11) is 1.62. The van der Waals surface area contributed by atoms with Crippen LogP contribution < -0.4 is 10.1 Å². The molecule has 2 aliphatic rings. The highest BCUT2D eigenvalue weighted by molar-refractivity contribution is 5.84. The largest absolute Gasteiger partial charge is 0.497 e. The normalized spacial score (nSPS) is 17.9. The van der Waals surface area contributed by atoms with Crippen molar-refractivity contribution in [2.75, 3.05) is 38.7 Å². The van der Waals surface area contributed by atoms with Crippen LogP contribution in [0.25, 0.3) is 0 Å². The van der Waals surface area contributed by atoms with Gasteiger partial charge in [-0.05, 0) is 73.7 Å². The van der Waals surface area contributed by atoms with E-state index in [1.165, 1.54) is 31.5 Å². The van der Waals surface area contributed by atoms with E-state index in [1.54, 1.807) is 7.11 Å². The number of methoxy groups -OCH3 is 1. The number of rotatable bonds is 7. The van der Waals surface area contributed by atoms with Gasteiger partial charge < -0.3 is 14.2 Å². The predicted molar refractivity (Wildman–Crippen MR) is 116 cm³/mol. The van der Waals surface area contributed by atoms with Crippen molar-refractivity contribution in [1.29, 1.82) is 0 Å². The maximum absolute atomic E-state index is 12.1. The monoisotopic (exact) mass is 410 g/mol. The van der Waals surface area contributed by atoms with Crippen molar-refractivity contribution < 1.29 is 19.0 Å². The second-order valence-corrected chi connectivity index (χ2v) is 8.12. The smallest absolute Gasteiger partial charge is 0.411 e. The summed E-state index contributed by atoms with van der Waals surface area (Å²) in [6.45, 7) is 4.39. The Labute approximate surface area is 178 Å². The fourth-order valence-corrected chi connectivity index (χ4v) is 4.04. The molecule has 2 aromatic carbocycles. The van der Waals surface area contributed by atoms with Gasteiger partial charge in [0.2, 0.25) is 0 Å². The summed E-state index contributed by atoms with van der Waals surface area (Å²) in [5, 5.41) is 2.79. The number of piperidine rings is 1. The van der Waals surface area contributed by atoms with E-state index < -0.39 is 6.09 Å². The van der Waals surface area contributed by atoms with E-state index in [9.17, 15) is 4.79 Å². The Morgan fingerprint density at radius 3 is 2.30 bits per heavy atom. The molecule has 1 amide bonds. The Morgan fingerprint density at radius 1 is 1.03 bits per heavy atom. The molecule has 0 aromatic heterocycles. The van der Waals surface area contributed by atoms with Gasteiger partial charge in [0.05, 0.1) is 26.4 Å². The summed E-state index contributed by atoms with van der Waals surface area (Å²) < 4.78 is 15.7. The van der Waals surface area contributed by atoms with E-state index in [4.69, 9.17) is 14.2 Å². The molecule has 0 radical (unpaired) electrons. The van der Waals surface area contributed by atoms with Crippen LogP contribution >= 0.6 is 0 Å². The number of hydrogen-bond acceptors (Lipinski definition) is 5. The molecular formula is C24H30N2O4. The first-order chi connectivity index (χ1) is 14.7. The van der Waals surface area contributed by atoms with E-state index in [2.05, 4.69) is 22.3 Å². The lowest BCUT2D eigenvalue weighted by Crippen LogP contribution is -2.51. The van der Waals surface area contributed by atoms with Gasteiger partial charge in [0.15, 0.2) is 0 Å². The highest BCUT2D eigenvalue weighted by atomic mass is 16.5. The zero-order valence-electron chi connectivity index (χ0n) is 17.5. The number of hydrogen-bond donors (Lipinski definition) is 1. The minimum Gasteiger partial charge on any atom is -0.497 e. The van der Waals surface area contributed by atoms with Gasteiger partial charge in [-0.1, -0.05) is 24.3 Å². The fourth-order valence-electron chi connectivity index (χ4n) is 4.04. The molecule has 0 aliphatic carbocycles. The Balaban J connectivity index is 1.19. The molecule has 0 spiro atoms. The van der Waals surface area contributed by atoms with Gasteiger partial charge in [-0.2, -0.15) is 0 Å². The molecule has 0 atom stereocenters. The first-order valence-corrected chi connectivity index (χ1v) is 10.7. The SMILES string of the molecule is COc1ccc(COC(=O)Nc2ccc(CC3CCN(C4COC4)CC3)cc2)cc1. The van der Waals surface area contributed by atoms with Crippen molar-refractivity contribution in [1.82, 2.24) is 4.90 Å². The van der Waals surface area contributed by atoms with Gasteiger partial charge in [-0.25, -0.2) is 4.79 Å². The summed E-state index contributed by atoms with van der Waals surface area (Å²) in [6, 6.07) is 16.2. The molecule has 2 aromatic rings. The Bertz CT molecular complexity index is 810. The molecular weight excluding hydrogens is 380 g/mol. The van der Waals surface area contributed by atoms with Crippen molar-refractivity contribution >= 4 is 11.8 Å². The van der Waals surface area contributed by atoms with E-state index in [1.807, 2.05) is 36.4 Å². The maximum Gasteiger partial charge on any atom is 0.411 e. The van der Waals surface area contributed by atoms with Gasteiger partial charge in [0.1, 0.15) is 12.4 Å². The zero-order chi connectivity index (χ0) is 20.8. The van der Waals surface area contributed by atoms with Crippen molar-refractivity contribution in [3.05, 3.63) is 59.7 Å². The Hall–Kier alpha value is -2.57. The average Bonchev–Trinajstić information content (AvgIpc) is 2.74. The van der Waals surface area contributed by atoms with Gasteiger partial charge in [0.25, 0.3) is 0 Å². The zero-order valence-corrected chi connectivity index (χ0v) is 17.5. The number of ether oxygens (including phenoxy) is 3. The lowest BCUT2D eigenvalue weighted by molar-refractivity contribution is -0.0737. The van der Waals surface area contributed by atoms with E-state index in [-0.39, 0.29) is 6.61 Å². The number of amides is 1.